The molecule has 0 spiro atoms. The van der Waals surface area contributed by atoms with Crippen molar-refractivity contribution in [2.75, 3.05) is 14.2 Å². The smallest absolute Gasteiger partial charge is 0.129 e. The molecule has 0 fully saturated rings. The molecule has 0 aliphatic carbocycles. The van der Waals surface area contributed by atoms with Gasteiger partial charge >= 0.3 is 0 Å². The second kappa shape index (κ2) is 15.4. The first-order chi connectivity index (χ1) is 24.4. The maximum absolute atomic E-state index is 6.27. The summed E-state index contributed by atoms with van der Waals surface area (Å²) in [5.41, 5.74) is 9.20. The minimum absolute atomic E-state index is 0.685. The van der Waals surface area contributed by atoms with Crippen molar-refractivity contribution in [3.8, 4) is 17.2 Å². The lowest BCUT2D eigenvalue weighted by Gasteiger charge is -2.15. The summed E-state index contributed by atoms with van der Waals surface area (Å²) in [6.45, 7) is 8.05. The number of aryl methyl sites for hydroxylation is 2. The number of methoxy groups -OCH3 is 2. The van der Waals surface area contributed by atoms with E-state index in [1.165, 1.54) is 0 Å². The van der Waals surface area contributed by atoms with Crippen LogP contribution in [0.4, 0.5) is 0 Å². The summed E-state index contributed by atoms with van der Waals surface area (Å²) in [7, 11) is 3.36. The van der Waals surface area contributed by atoms with Crippen LogP contribution >= 0.6 is 66.7 Å². The van der Waals surface area contributed by atoms with Crippen molar-refractivity contribution in [2.24, 2.45) is 0 Å². The van der Waals surface area contributed by atoms with E-state index in [4.69, 9.17) is 49.3 Å². The summed E-state index contributed by atoms with van der Waals surface area (Å²) >= 11 is 25.4. The Balaban J connectivity index is 0.000000145. The Kier molecular flexibility index (Phi) is 11.2. The van der Waals surface area contributed by atoms with Gasteiger partial charge in [-0.05, 0) is 112 Å². The summed E-state index contributed by atoms with van der Waals surface area (Å²) in [5, 5.41) is 6.26. The van der Waals surface area contributed by atoms with Crippen molar-refractivity contribution >= 4 is 110 Å². The van der Waals surface area contributed by atoms with E-state index < -0.39 is 0 Å². The number of nitrogens with one attached hydrogen (secondary N) is 1. The first kappa shape index (κ1) is 37.0. The Morgan fingerprint density at radius 2 is 1.20 bits per heavy atom. The fourth-order valence-electron chi connectivity index (χ4n) is 5.96. The average Bonchev–Trinajstić information content (AvgIpc) is 3.76. The van der Waals surface area contributed by atoms with Crippen LogP contribution in [0.25, 0.3) is 49.3 Å². The number of H-pyrrole nitrogens is 1. The minimum Gasteiger partial charge on any atom is -0.496 e. The molecule has 0 saturated heterocycles. The number of aromatic amines is 1. The zero-order valence-corrected chi connectivity index (χ0v) is 34.1. The molecule has 0 atom stereocenters. The normalized spacial score (nSPS) is 11.0. The molecule has 0 radical (unpaired) electrons. The predicted molar refractivity (Wildman–Crippen MR) is 221 cm³/mol. The lowest BCUT2D eigenvalue weighted by atomic mass is 10.1. The second-order valence-corrected chi connectivity index (χ2v) is 15.0. The van der Waals surface area contributed by atoms with E-state index in [1.54, 1.807) is 14.2 Å². The fraction of sp³-hybridized carbons (Fsp3) is 0.150. The van der Waals surface area contributed by atoms with Crippen LogP contribution in [0.3, 0.4) is 0 Å². The highest BCUT2D eigenvalue weighted by molar-refractivity contribution is 9.10. The van der Waals surface area contributed by atoms with Gasteiger partial charge in [-0.25, -0.2) is 0 Å². The van der Waals surface area contributed by atoms with Crippen LogP contribution < -0.4 is 9.47 Å². The zero-order chi connectivity index (χ0) is 36.6. The van der Waals surface area contributed by atoms with Gasteiger partial charge in [0.25, 0.3) is 0 Å². The molecular weight excluding hydrogens is 835 g/mol. The molecule has 6 nitrogen and oxygen atoms in total. The third-order valence-electron chi connectivity index (χ3n) is 8.77. The second-order valence-electron chi connectivity index (χ2n) is 11.9. The van der Waals surface area contributed by atoms with Crippen LogP contribution in [-0.2, 0) is 0 Å². The molecule has 0 bridgehead atoms. The van der Waals surface area contributed by atoms with Crippen LogP contribution in [0.1, 0.15) is 22.5 Å². The van der Waals surface area contributed by atoms with Crippen molar-refractivity contribution in [2.45, 2.75) is 27.7 Å². The van der Waals surface area contributed by atoms with E-state index in [9.17, 15) is 0 Å². The number of ether oxygens (including phenoxy) is 2. The van der Waals surface area contributed by atoms with E-state index in [0.29, 0.717) is 10.0 Å². The van der Waals surface area contributed by atoms with E-state index in [-0.39, 0.29) is 0 Å². The highest BCUT2D eigenvalue weighted by Gasteiger charge is 2.16. The van der Waals surface area contributed by atoms with Gasteiger partial charge in [-0.2, -0.15) is 0 Å². The first-order valence-corrected chi connectivity index (χ1v) is 18.6. The highest BCUT2D eigenvalue weighted by atomic mass is 79.9. The Bertz CT molecular complexity index is 2580. The van der Waals surface area contributed by atoms with Gasteiger partial charge in [-0.3, -0.25) is 9.97 Å². The van der Waals surface area contributed by atoms with Gasteiger partial charge in [0.1, 0.15) is 11.5 Å². The quantitative estimate of drug-likeness (QED) is 0.192. The number of hydrogen-bond acceptors (Lipinski definition) is 4. The molecule has 51 heavy (non-hydrogen) atoms. The molecular formula is C40H33Br2Cl3N4O2. The first-order valence-electron chi connectivity index (χ1n) is 15.8. The van der Waals surface area contributed by atoms with Crippen molar-refractivity contribution < 1.29 is 9.47 Å². The van der Waals surface area contributed by atoms with E-state index >= 15 is 0 Å². The lowest BCUT2D eigenvalue weighted by molar-refractivity contribution is 0.419. The summed E-state index contributed by atoms with van der Waals surface area (Å²) < 4.78 is 14.9. The Hall–Kier alpha value is -3.79. The molecule has 4 aromatic carbocycles. The Morgan fingerprint density at radius 3 is 1.84 bits per heavy atom. The topological polar surface area (TPSA) is 65.0 Å². The molecule has 0 aliphatic heterocycles. The summed E-state index contributed by atoms with van der Waals surface area (Å²) in [6, 6.07) is 23.5. The molecule has 11 heteroatoms. The molecule has 4 heterocycles. The number of fused-ring (bicyclic) bond motifs is 4. The van der Waals surface area contributed by atoms with Gasteiger partial charge in [0.05, 0.1) is 47.0 Å². The monoisotopic (exact) mass is 864 g/mol. The van der Waals surface area contributed by atoms with Crippen molar-refractivity contribution in [1.82, 2.24) is 19.5 Å². The number of aromatic nitrogens is 4. The Morgan fingerprint density at radius 1 is 0.627 bits per heavy atom. The van der Waals surface area contributed by atoms with Crippen molar-refractivity contribution in [1.29, 1.82) is 0 Å². The van der Waals surface area contributed by atoms with Gasteiger partial charge in [-0.1, -0.05) is 66.7 Å². The third kappa shape index (κ3) is 7.57. The van der Waals surface area contributed by atoms with Gasteiger partial charge in [0.2, 0.25) is 0 Å². The van der Waals surface area contributed by atoms with E-state index in [0.717, 1.165) is 97.3 Å². The molecule has 0 aliphatic rings. The molecule has 0 amide bonds. The van der Waals surface area contributed by atoms with Crippen LogP contribution in [0.2, 0.25) is 15.1 Å². The summed E-state index contributed by atoms with van der Waals surface area (Å²) in [4.78, 5) is 12.3. The van der Waals surface area contributed by atoms with Gasteiger partial charge < -0.3 is 19.0 Å². The van der Waals surface area contributed by atoms with Crippen LogP contribution in [0.15, 0.2) is 94.1 Å². The molecule has 4 aromatic heterocycles. The van der Waals surface area contributed by atoms with Crippen molar-refractivity contribution in [3.05, 3.63) is 132 Å². The highest BCUT2D eigenvalue weighted by Crippen LogP contribution is 2.36. The summed E-state index contributed by atoms with van der Waals surface area (Å²) in [5.74, 6) is 1.73. The molecule has 8 aromatic rings. The van der Waals surface area contributed by atoms with E-state index in [2.05, 4.69) is 71.6 Å². The number of hydrogen-bond donors (Lipinski definition) is 1. The molecule has 0 saturated carbocycles. The largest absolute Gasteiger partial charge is 0.496 e. The Labute approximate surface area is 327 Å². The zero-order valence-electron chi connectivity index (χ0n) is 28.6. The van der Waals surface area contributed by atoms with Gasteiger partial charge in [0.15, 0.2) is 0 Å². The van der Waals surface area contributed by atoms with E-state index in [1.807, 2.05) is 87.6 Å². The van der Waals surface area contributed by atoms with Crippen molar-refractivity contribution in [3.63, 3.8) is 0 Å². The standard InChI is InChI=1S/C20H16BrClN2O.C11H9Cl2N.C9H8BrNO/c1-11-12(2)23-17-5-4-14(22)10-16(17)20(11)24-7-6-15-18(24)8-13(21)9-19(15)25-3;1-6-7(2)14-10-4-3-8(12)5-9(10)11(6)13;1-12-9-5-6(10)4-8-7(9)2-3-11-8/h4-10H,1-3H3;3-5H,1-2H3;2-5,11H,1H3. The molecule has 1 N–H and O–H groups in total. The molecule has 8 rings (SSSR count). The SMILES string of the molecule is COc1cc(Br)cc2[nH]ccc12.COc1cc(Br)cc2c1ccn2-c1c(C)c(C)nc2ccc(Cl)cc12.Cc1nc2ccc(Cl)cc2c(Cl)c1C. The maximum atomic E-state index is 6.27. The predicted octanol–water partition coefficient (Wildman–Crippen LogP) is 13.3. The number of pyridine rings is 2. The van der Waals surface area contributed by atoms with Crippen LogP contribution in [0.5, 0.6) is 11.5 Å². The third-order valence-corrected chi connectivity index (χ3v) is 10.6. The number of benzene rings is 4. The number of nitrogens with zero attached hydrogens (tertiary/aromatic N) is 3. The average molecular weight is 868 g/mol. The van der Waals surface area contributed by atoms with Gasteiger partial charge in [-0.15, -0.1) is 0 Å². The molecule has 260 valence electrons. The number of halogens is 5. The summed E-state index contributed by atoms with van der Waals surface area (Å²) in [6.07, 6.45) is 3.97. The number of rotatable bonds is 3. The van der Waals surface area contributed by atoms with Gasteiger partial charge in [0, 0.05) is 64.3 Å². The fourth-order valence-corrected chi connectivity index (χ4v) is 7.45. The lowest BCUT2D eigenvalue weighted by Crippen LogP contribution is -2.01. The maximum Gasteiger partial charge on any atom is 0.129 e. The minimum atomic E-state index is 0.685. The van der Waals surface area contributed by atoms with Crippen LogP contribution in [-0.4, -0.2) is 33.7 Å². The molecule has 0 unspecified atom stereocenters. The van der Waals surface area contributed by atoms with Crippen LogP contribution in [0, 0.1) is 27.7 Å².